The highest BCUT2D eigenvalue weighted by atomic mass is 15.1. The Hall–Kier alpha value is -0.0400. The van der Waals surface area contributed by atoms with Gasteiger partial charge in [0.25, 0.3) is 0 Å². The van der Waals surface area contributed by atoms with Gasteiger partial charge in [-0.1, -0.05) is 52.4 Å². The minimum absolute atomic E-state index is 0. The summed E-state index contributed by atoms with van der Waals surface area (Å²) < 4.78 is 0. The number of likely N-dealkylation sites (tertiary alicyclic amines) is 1. The zero-order valence-corrected chi connectivity index (χ0v) is 13.4. The van der Waals surface area contributed by atoms with Crippen molar-refractivity contribution in [3.8, 4) is 0 Å². The van der Waals surface area contributed by atoms with Crippen LogP contribution in [0, 0.1) is 11.3 Å². The molecule has 1 saturated heterocycles. The zero-order valence-electron chi connectivity index (χ0n) is 13.4. The summed E-state index contributed by atoms with van der Waals surface area (Å²) in [5.74, 6) is 1.04. The van der Waals surface area contributed by atoms with Gasteiger partial charge in [-0.05, 0) is 63.1 Å². The molecule has 1 aliphatic heterocycles. The van der Waals surface area contributed by atoms with Gasteiger partial charge in [-0.2, -0.15) is 0 Å². The standard InChI is InChI=1S/C18H35N.H2/c1-3-4-5-9-14-19-15-12-18(2,13-16-19)17-10-7-6-8-11-17;/h17H,3-16H2,1-2H3;1H. The van der Waals surface area contributed by atoms with Gasteiger partial charge in [-0.3, -0.25) is 0 Å². The van der Waals surface area contributed by atoms with Crippen molar-refractivity contribution in [1.82, 2.24) is 4.90 Å². The summed E-state index contributed by atoms with van der Waals surface area (Å²) in [4.78, 5) is 2.74. The summed E-state index contributed by atoms with van der Waals surface area (Å²) in [5, 5.41) is 0. The van der Waals surface area contributed by atoms with Crippen molar-refractivity contribution in [3.63, 3.8) is 0 Å². The predicted molar refractivity (Wildman–Crippen MR) is 86.6 cm³/mol. The molecule has 0 spiro atoms. The summed E-state index contributed by atoms with van der Waals surface area (Å²) in [6, 6.07) is 0. The lowest BCUT2D eigenvalue weighted by atomic mass is 9.65. The molecule has 0 atom stereocenters. The Kier molecular flexibility index (Phi) is 6.19. The van der Waals surface area contributed by atoms with Gasteiger partial charge in [0.15, 0.2) is 0 Å². The molecule has 114 valence electrons. The van der Waals surface area contributed by atoms with Gasteiger partial charge in [0.05, 0.1) is 0 Å². The highest BCUT2D eigenvalue weighted by Crippen LogP contribution is 2.45. The third kappa shape index (κ3) is 4.48. The van der Waals surface area contributed by atoms with Gasteiger partial charge >= 0.3 is 0 Å². The molecule has 0 aromatic heterocycles. The average molecular weight is 268 g/mol. The molecule has 1 nitrogen and oxygen atoms in total. The van der Waals surface area contributed by atoms with Crippen LogP contribution in [-0.4, -0.2) is 24.5 Å². The fraction of sp³-hybridized carbons (Fsp3) is 1.00. The molecule has 0 amide bonds. The Morgan fingerprint density at radius 1 is 1.00 bits per heavy atom. The van der Waals surface area contributed by atoms with Gasteiger partial charge < -0.3 is 4.90 Å². The molecular formula is C18H37N. The predicted octanol–water partition coefficient (Wildman–Crippen LogP) is 5.50. The molecule has 19 heavy (non-hydrogen) atoms. The first-order chi connectivity index (χ1) is 9.24. The summed E-state index contributed by atoms with van der Waals surface area (Å²) in [7, 11) is 0. The second kappa shape index (κ2) is 7.67. The molecule has 1 heteroatoms. The number of hydrogen-bond donors (Lipinski definition) is 0. The number of unbranched alkanes of at least 4 members (excludes halogenated alkanes) is 3. The van der Waals surface area contributed by atoms with E-state index in [-0.39, 0.29) is 1.43 Å². The molecule has 2 aliphatic rings. The number of rotatable bonds is 6. The van der Waals surface area contributed by atoms with Crippen molar-refractivity contribution in [2.24, 2.45) is 11.3 Å². The molecule has 0 radical (unpaired) electrons. The molecule has 0 N–H and O–H groups in total. The number of piperidine rings is 1. The number of hydrogen-bond acceptors (Lipinski definition) is 1. The first-order valence-electron chi connectivity index (χ1n) is 8.97. The lowest BCUT2D eigenvalue weighted by Gasteiger charge is -2.46. The molecule has 1 aliphatic carbocycles. The van der Waals surface area contributed by atoms with E-state index in [0.29, 0.717) is 5.41 Å². The normalized spacial score (nSPS) is 25.6. The fourth-order valence-corrected chi connectivity index (χ4v) is 4.26. The maximum absolute atomic E-state index is 2.74. The van der Waals surface area contributed by atoms with Crippen LogP contribution in [0.15, 0.2) is 0 Å². The van der Waals surface area contributed by atoms with E-state index in [1.165, 1.54) is 90.3 Å². The molecule has 1 heterocycles. The molecule has 0 bridgehead atoms. The van der Waals surface area contributed by atoms with E-state index in [9.17, 15) is 0 Å². The first-order valence-corrected chi connectivity index (χ1v) is 8.97. The van der Waals surface area contributed by atoms with Crippen LogP contribution in [0.3, 0.4) is 0 Å². The van der Waals surface area contributed by atoms with Gasteiger partial charge in [0, 0.05) is 1.43 Å². The molecule has 2 fully saturated rings. The summed E-state index contributed by atoms with van der Waals surface area (Å²) in [5.41, 5.74) is 0.681. The number of nitrogens with zero attached hydrogens (tertiary/aromatic N) is 1. The van der Waals surface area contributed by atoms with E-state index in [1.54, 1.807) is 0 Å². The van der Waals surface area contributed by atoms with Gasteiger partial charge in [0.1, 0.15) is 0 Å². The quantitative estimate of drug-likeness (QED) is 0.575. The van der Waals surface area contributed by atoms with E-state index >= 15 is 0 Å². The van der Waals surface area contributed by atoms with Crippen molar-refractivity contribution >= 4 is 0 Å². The summed E-state index contributed by atoms with van der Waals surface area (Å²) in [6.45, 7) is 9.01. The van der Waals surface area contributed by atoms with E-state index in [1.807, 2.05) is 0 Å². The SMILES string of the molecule is CCCCCCN1CCC(C)(C2CCCCC2)CC1.[HH]. The van der Waals surface area contributed by atoms with Crippen molar-refractivity contribution in [2.45, 2.75) is 84.5 Å². The van der Waals surface area contributed by atoms with Gasteiger partial charge in [-0.15, -0.1) is 0 Å². The average Bonchev–Trinajstić information content (AvgIpc) is 2.47. The van der Waals surface area contributed by atoms with E-state index in [4.69, 9.17) is 0 Å². The van der Waals surface area contributed by atoms with Crippen LogP contribution in [0.1, 0.15) is 85.9 Å². The van der Waals surface area contributed by atoms with Crippen LogP contribution in [0.2, 0.25) is 0 Å². The second-order valence-electron chi connectivity index (χ2n) is 7.39. The largest absolute Gasteiger partial charge is 0.303 e. The van der Waals surface area contributed by atoms with Crippen LogP contribution in [0.25, 0.3) is 0 Å². The van der Waals surface area contributed by atoms with Gasteiger partial charge in [0.2, 0.25) is 0 Å². The highest BCUT2D eigenvalue weighted by Gasteiger charge is 2.37. The molecule has 2 rings (SSSR count). The lowest BCUT2D eigenvalue weighted by molar-refractivity contribution is 0.0445. The smallest absolute Gasteiger partial charge is 0 e. The zero-order chi connectivity index (χ0) is 13.6. The molecule has 0 unspecified atom stereocenters. The lowest BCUT2D eigenvalue weighted by Crippen LogP contribution is -2.43. The van der Waals surface area contributed by atoms with Crippen LogP contribution >= 0.6 is 0 Å². The van der Waals surface area contributed by atoms with Crippen molar-refractivity contribution in [3.05, 3.63) is 0 Å². The Bertz CT molecular complexity index is 240. The van der Waals surface area contributed by atoms with Gasteiger partial charge in [-0.25, -0.2) is 0 Å². The second-order valence-corrected chi connectivity index (χ2v) is 7.39. The first kappa shape index (κ1) is 15.4. The highest BCUT2D eigenvalue weighted by molar-refractivity contribution is 4.89. The Morgan fingerprint density at radius 3 is 2.32 bits per heavy atom. The van der Waals surface area contributed by atoms with E-state index < -0.39 is 0 Å². The third-order valence-electron chi connectivity index (χ3n) is 5.92. The van der Waals surface area contributed by atoms with Crippen LogP contribution in [0.5, 0.6) is 0 Å². The summed E-state index contributed by atoms with van der Waals surface area (Å²) in [6.07, 6.45) is 16.1. The third-order valence-corrected chi connectivity index (χ3v) is 5.92. The van der Waals surface area contributed by atoms with Crippen molar-refractivity contribution < 1.29 is 1.43 Å². The maximum atomic E-state index is 2.74. The molecule has 1 saturated carbocycles. The Labute approximate surface area is 122 Å². The Morgan fingerprint density at radius 2 is 1.68 bits per heavy atom. The van der Waals surface area contributed by atoms with Crippen molar-refractivity contribution in [1.29, 1.82) is 0 Å². The topological polar surface area (TPSA) is 3.24 Å². The molecule has 0 aromatic carbocycles. The van der Waals surface area contributed by atoms with E-state index in [0.717, 1.165) is 5.92 Å². The van der Waals surface area contributed by atoms with Crippen molar-refractivity contribution in [2.75, 3.05) is 19.6 Å². The minimum Gasteiger partial charge on any atom is -0.303 e. The van der Waals surface area contributed by atoms with Crippen LogP contribution < -0.4 is 0 Å². The Balaban J connectivity index is 0.00000200. The maximum Gasteiger partial charge on any atom is 0 e. The van der Waals surface area contributed by atoms with E-state index in [2.05, 4.69) is 18.7 Å². The fourth-order valence-electron chi connectivity index (χ4n) is 4.26. The van der Waals surface area contributed by atoms with Crippen LogP contribution in [0.4, 0.5) is 0 Å². The minimum atomic E-state index is 0. The molecular weight excluding hydrogens is 230 g/mol. The monoisotopic (exact) mass is 267 g/mol. The molecule has 0 aromatic rings. The van der Waals surface area contributed by atoms with Crippen LogP contribution in [-0.2, 0) is 0 Å². The summed E-state index contributed by atoms with van der Waals surface area (Å²) >= 11 is 0.